The number of aryl methyl sites for hydroxylation is 1. The van der Waals surface area contributed by atoms with E-state index in [1.807, 2.05) is 78.9 Å². The van der Waals surface area contributed by atoms with Crippen molar-refractivity contribution in [3.8, 4) is 11.5 Å². The highest BCUT2D eigenvalue weighted by Crippen LogP contribution is 2.43. The fourth-order valence-corrected chi connectivity index (χ4v) is 5.42. The van der Waals surface area contributed by atoms with Crippen LogP contribution in [0, 0.1) is 0 Å². The average Bonchev–Trinajstić information content (AvgIpc) is 3.39. The van der Waals surface area contributed by atoms with Crippen molar-refractivity contribution in [2.24, 2.45) is 14.1 Å². The lowest BCUT2D eigenvalue weighted by molar-refractivity contribution is -0.0830. The van der Waals surface area contributed by atoms with E-state index < -0.39 is 35.2 Å². The Hall–Kier alpha value is -4.18. The van der Waals surface area contributed by atoms with Crippen LogP contribution in [-0.2, 0) is 29.2 Å². The second-order valence-electron chi connectivity index (χ2n) is 10.1. The SMILES string of the molecule is COc1ccc(C(OC[C@H]2O[C@@H](c3cn(C)c(=O)n(C)c3=O)C[C@@H]2O)(c2ccccc2)c2ccc(OC)cc2)cc1. The predicted octanol–water partition coefficient (Wildman–Crippen LogP) is 3.30. The molecule has 1 aliphatic heterocycles. The highest BCUT2D eigenvalue weighted by Gasteiger charge is 2.42. The highest BCUT2D eigenvalue weighted by atomic mass is 16.6. The molecule has 1 aliphatic rings. The van der Waals surface area contributed by atoms with Crippen molar-refractivity contribution in [3.05, 3.63) is 128 Å². The van der Waals surface area contributed by atoms with E-state index in [1.165, 1.54) is 17.8 Å². The Balaban J connectivity index is 1.54. The van der Waals surface area contributed by atoms with Crippen molar-refractivity contribution in [1.82, 2.24) is 9.13 Å². The van der Waals surface area contributed by atoms with E-state index in [4.69, 9.17) is 18.9 Å². The van der Waals surface area contributed by atoms with E-state index in [1.54, 1.807) is 21.3 Å². The quantitative estimate of drug-likeness (QED) is 0.315. The summed E-state index contributed by atoms with van der Waals surface area (Å²) in [6.07, 6.45) is -0.611. The summed E-state index contributed by atoms with van der Waals surface area (Å²) in [6, 6.07) is 25.2. The molecule has 1 aromatic heterocycles. The normalized spacial score (nSPS) is 18.8. The Kier molecular flexibility index (Phi) is 8.12. The van der Waals surface area contributed by atoms with Gasteiger partial charge in [0.05, 0.1) is 38.6 Å². The third kappa shape index (κ3) is 5.31. The van der Waals surface area contributed by atoms with Gasteiger partial charge in [0.2, 0.25) is 0 Å². The first-order valence-corrected chi connectivity index (χ1v) is 13.4. The Labute approximate surface area is 238 Å². The second kappa shape index (κ2) is 11.7. The van der Waals surface area contributed by atoms with Gasteiger partial charge in [-0.25, -0.2) is 4.79 Å². The molecular formula is C32H34N2O7. The number of aromatic nitrogens is 2. The molecule has 41 heavy (non-hydrogen) atoms. The van der Waals surface area contributed by atoms with E-state index >= 15 is 0 Å². The van der Waals surface area contributed by atoms with Crippen molar-refractivity contribution in [2.75, 3.05) is 20.8 Å². The first kappa shape index (κ1) is 28.4. The minimum Gasteiger partial charge on any atom is -0.497 e. The summed E-state index contributed by atoms with van der Waals surface area (Å²) in [5, 5.41) is 11.0. The first-order valence-electron chi connectivity index (χ1n) is 13.4. The van der Waals surface area contributed by atoms with Gasteiger partial charge in [0.25, 0.3) is 5.56 Å². The van der Waals surface area contributed by atoms with Gasteiger partial charge in [-0.1, -0.05) is 54.6 Å². The minimum absolute atomic E-state index is 0.0245. The maximum absolute atomic E-state index is 12.9. The van der Waals surface area contributed by atoms with Crippen LogP contribution < -0.4 is 20.7 Å². The molecule has 3 atom stereocenters. The molecule has 5 rings (SSSR count). The summed E-state index contributed by atoms with van der Waals surface area (Å²) in [6.45, 7) is 0.0245. The van der Waals surface area contributed by atoms with Crippen molar-refractivity contribution in [2.45, 2.75) is 30.3 Å². The van der Waals surface area contributed by atoms with Crippen molar-refractivity contribution >= 4 is 0 Å². The highest BCUT2D eigenvalue weighted by molar-refractivity contribution is 5.49. The lowest BCUT2D eigenvalue weighted by Gasteiger charge is -2.37. The van der Waals surface area contributed by atoms with Crippen LogP contribution in [0.15, 0.2) is 94.6 Å². The molecule has 1 saturated heterocycles. The molecule has 1 N–H and O–H groups in total. The summed E-state index contributed by atoms with van der Waals surface area (Å²) in [5.41, 5.74) is 0.956. The molecule has 0 spiro atoms. The van der Waals surface area contributed by atoms with Gasteiger partial charge in [-0.3, -0.25) is 9.36 Å². The number of nitrogens with zero attached hydrogens (tertiary/aromatic N) is 2. The lowest BCUT2D eigenvalue weighted by atomic mass is 9.80. The van der Waals surface area contributed by atoms with Crippen LogP contribution in [-0.4, -0.2) is 47.3 Å². The van der Waals surface area contributed by atoms with Gasteiger partial charge in [-0.2, -0.15) is 0 Å². The number of aliphatic hydroxyl groups excluding tert-OH is 1. The predicted molar refractivity (Wildman–Crippen MR) is 153 cm³/mol. The molecule has 9 nitrogen and oxygen atoms in total. The Morgan fingerprint density at radius 2 is 1.39 bits per heavy atom. The summed E-state index contributed by atoms with van der Waals surface area (Å²) in [7, 11) is 6.24. The Morgan fingerprint density at radius 3 is 1.93 bits per heavy atom. The van der Waals surface area contributed by atoms with Gasteiger partial charge in [0, 0.05) is 26.7 Å². The topological polar surface area (TPSA) is 101 Å². The molecular weight excluding hydrogens is 524 g/mol. The van der Waals surface area contributed by atoms with Crippen LogP contribution in [0.3, 0.4) is 0 Å². The van der Waals surface area contributed by atoms with Crippen LogP contribution in [0.5, 0.6) is 11.5 Å². The maximum atomic E-state index is 12.9. The van der Waals surface area contributed by atoms with Gasteiger partial charge >= 0.3 is 5.69 Å². The lowest BCUT2D eigenvalue weighted by Crippen LogP contribution is -2.39. The number of hydrogen-bond donors (Lipinski definition) is 1. The van der Waals surface area contributed by atoms with Crippen LogP contribution in [0.25, 0.3) is 0 Å². The van der Waals surface area contributed by atoms with Crippen LogP contribution in [0.2, 0.25) is 0 Å². The molecule has 0 aliphatic carbocycles. The molecule has 9 heteroatoms. The Bertz CT molecular complexity index is 1550. The van der Waals surface area contributed by atoms with Gasteiger partial charge in [0.1, 0.15) is 23.2 Å². The molecule has 0 amide bonds. The maximum Gasteiger partial charge on any atom is 0.330 e. The Morgan fingerprint density at radius 1 is 0.854 bits per heavy atom. The first-order chi connectivity index (χ1) is 19.8. The van der Waals surface area contributed by atoms with Gasteiger partial charge in [-0.15, -0.1) is 0 Å². The molecule has 0 unspecified atom stereocenters. The van der Waals surface area contributed by atoms with E-state index in [0.717, 1.165) is 21.3 Å². The zero-order valence-electron chi connectivity index (χ0n) is 23.5. The number of hydrogen-bond acceptors (Lipinski definition) is 7. The smallest absolute Gasteiger partial charge is 0.330 e. The van der Waals surface area contributed by atoms with Gasteiger partial charge in [-0.05, 0) is 41.0 Å². The van der Waals surface area contributed by atoms with E-state index in [0.29, 0.717) is 17.1 Å². The largest absolute Gasteiger partial charge is 0.497 e. The zero-order valence-corrected chi connectivity index (χ0v) is 23.5. The second-order valence-corrected chi connectivity index (χ2v) is 10.1. The van der Waals surface area contributed by atoms with E-state index in [-0.39, 0.29) is 13.0 Å². The van der Waals surface area contributed by atoms with Gasteiger partial charge < -0.3 is 28.6 Å². The van der Waals surface area contributed by atoms with Crippen molar-refractivity contribution in [3.63, 3.8) is 0 Å². The minimum atomic E-state index is -1.08. The molecule has 0 radical (unpaired) electrons. The summed E-state index contributed by atoms with van der Waals surface area (Å²) < 4.78 is 26.3. The third-order valence-corrected chi connectivity index (χ3v) is 7.68. The molecule has 4 aromatic rings. The van der Waals surface area contributed by atoms with Crippen molar-refractivity contribution < 1.29 is 24.1 Å². The zero-order chi connectivity index (χ0) is 29.1. The summed E-state index contributed by atoms with van der Waals surface area (Å²) in [4.78, 5) is 25.0. The van der Waals surface area contributed by atoms with E-state index in [9.17, 15) is 14.7 Å². The van der Waals surface area contributed by atoms with Crippen LogP contribution >= 0.6 is 0 Å². The molecule has 3 aromatic carbocycles. The standard InChI is InChI=1S/C32H34N2O7/c1-33-19-26(30(36)34(2)31(33)37)28-18-27(35)29(41-28)20-40-32(21-8-6-5-7-9-21,22-10-14-24(38-3)15-11-22)23-12-16-25(39-4)17-13-23/h5-17,19,27-29,35H,18,20H2,1-4H3/t27-,28+,29+/m0/s1. The number of aliphatic hydroxyl groups is 1. The van der Waals surface area contributed by atoms with Crippen LogP contribution in [0.1, 0.15) is 34.8 Å². The fraction of sp³-hybridized carbons (Fsp3) is 0.312. The molecule has 2 heterocycles. The number of methoxy groups -OCH3 is 2. The van der Waals surface area contributed by atoms with Gasteiger partial charge in [0.15, 0.2) is 0 Å². The summed E-state index contributed by atoms with van der Waals surface area (Å²) >= 11 is 0. The summed E-state index contributed by atoms with van der Waals surface area (Å²) in [5.74, 6) is 1.42. The molecule has 214 valence electrons. The molecule has 0 saturated carbocycles. The number of rotatable bonds is 9. The fourth-order valence-electron chi connectivity index (χ4n) is 5.42. The average molecular weight is 559 g/mol. The monoisotopic (exact) mass is 558 g/mol. The van der Waals surface area contributed by atoms with Crippen LogP contribution in [0.4, 0.5) is 0 Å². The number of ether oxygens (including phenoxy) is 4. The third-order valence-electron chi connectivity index (χ3n) is 7.68. The molecule has 1 fully saturated rings. The number of benzene rings is 3. The molecule has 0 bridgehead atoms. The van der Waals surface area contributed by atoms with E-state index in [2.05, 4.69) is 0 Å². The van der Waals surface area contributed by atoms with Crippen molar-refractivity contribution in [1.29, 1.82) is 0 Å².